The summed E-state index contributed by atoms with van der Waals surface area (Å²) in [6.45, 7) is 0. The van der Waals surface area contributed by atoms with Crippen molar-refractivity contribution in [1.29, 1.82) is 0 Å². The molecule has 0 aliphatic carbocycles. The van der Waals surface area contributed by atoms with Crippen molar-refractivity contribution in [2.24, 2.45) is 0 Å². The third kappa shape index (κ3) is 1.38. The summed E-state index contributed by atoms with van der Waals surface area (Å²) in [5.74, 6) is 2.91. The Labute approximate surface area is 76.3 Å². The van der Waals surface area contributed by atoms with Gasteiger partial charge in [-0.3, -0.25) is 0 Å². The Balaban J connectivity index is 2.29. The van der Waals surface area contributed by atoms with Crippen molar-refractivity contribution in [3.8, 4) is 0 Å². The van der Waals surface area contributed by atoms with Gasteiger partial charge in [0, 0.05) is 0 Å². The molecule has 1 heterocycles. The minimum Gasteiger partial charge on any atom is -0.217 e. The standard InChI is InChI=1S/C11H16S/c1-12(9-5-6-10-12)11-7-3-2-4-8-11/h2-4,7-8H,5-6,9-10H2,1H3. The van der Waals surface area contributed by atoms with Gasteiger partial charge in [-0.25, -0.2) is 10.0 Å². The molecular formula is C11H16S. The fraction of sp³-hybridized carbons (Fsp3) is 0.455. The fourth-order valence-electron chi connectivity index (χ4n) is 1.93. The second-order valence-corrected chi connectivity index (χ2v) is 7.54. The largest absolute Gasteiger partial charge is 0.217 e. The topological polar surface area (TPSA) is 0 Å². The molecule has 1 aromatic carbocycles. The Kier molecular flexibility index (Phi) is 2.14. The van der Waals surface area contributed by atoms with Crippen LogP contribution in [0, 0.1) is 0 Å². The van der Waals surface area contributed by atoms with Gasteiger partial charge in [-0.05, 0) is 35.5 Å². The molecule has 1 saturated heterocycles. The molecule has 0 nitrogen and oxygen atoms in total. The van der Waals surface area contributed by atoms with Gasteiger partial charge in [-0.2, -0.15) is 0 Å². The molecular weight excluding hydrogens is 164 g/mol. The Morgan fingerprint density at radius 1 is 1.00 bits per heavy atom. The van der Waals surface area contributed by atoms with E-state index in [2.05, 4.69) is 36.6 Å². The molecule has 0 amide bonds. The summed E-state index contributed by atoms with van der Waals surface area (Å²) >= 11 is 0. The van der Waals surface area contributed by atoms with Crippen molar-refractivity contribution in [2.45, 2.75) is 17.7 Å². The van der Waals surface area contributed by atoms with E-state index < -0.39 is 0 Å². The molecule has 0 radical (unpaired) electrons. The Morgan fingerprint density at radius 3 is 2.17 bits per heavy atom. The minimum absolute atomic E-state index is 0.382. The van der Waals surface area contributed by atoms with Crippen LogP contribution in [0.3, 0.4) is 0 Å². The van der Waals surface area contributed by atoms with E-state index in [4.69, 9.17) is 0 Å². The third-order valence-corrected chi connectivity index (χ3v) is 6.54. The Morgan fingerprint density at radius 2 is 1.58 bits per heavy atom. The van der Waals surface area contributed by atoms with Crippen LogP contribution in [0.4, 0.5) is 0 Å². The molecule has 1 fully saturated rings. The Bertz CT molecular complexity index is 247. The van der Waals surface area contributed by atoms with E-state index in [1.54, 1.807) is 4.90 Å². The zero-order chi connectivity index (χ0) is 8.44. The second-order valence-electron chi connectivity index (χ2n) is 3.70. The highest BCUT2D eigenvalue weighted by atomic mass is 32.3. The van der Waals surface area contributed by atoms with Crippen LogP contribution >= 0.6 is 10.0 Å². The predicted molar refractivity (Wildman–Crippen MR) is 57.2 cm³/mol. The molecule has 0 saturated carbocycles. The first-order chi connectivity index (χ1) is 5.81. The molecule has 0 atom stereocenters. The number of benzene rings is 1. The molecule has 0 spiro atoms. The van der Waals surface area contributed by atoms with E-state index in [9.17, 15) is 0 Å². The van der Waals surface area contributed by atoms with Crippen LogP contribution in [0.1, 0.15) is 12.8 Å². The van der Waals surface area contributed by atoms with Crippen molar-refractivity contribution in [3.05, 3.63) is 30.3 Å². The van der Waals surface area contributed by atoms with Gasteiger partial charge in [-0.1, -0.05) is 30.3 Å². The highest BCUT2D eigenvalue weighted by Crippen LogP contribution is 2.57. The first-order valence-corrected chi connectivity index (χ1v) is 6.98. The van der Waals surface area contributed by atoms with Crippen LogP contribution in [0.5, 0.6) is 0 Å². The zero-order valence-electron chi connectivity index (χ0n) is 7.62. The lowest BCUT2D eigenvalue weighted by molar-refractivity contribution is 0.949. The molecule has 1 aliphatic heterocycles. The second kappa shape index (κ2) is 3.14. The average Bonchev–Trinajstić information content (AvgIpc) is 2.55. The van der Waals surface area contributed by atoms with E-state index in [-0.39, 0.29) is 10.0 Å². The lowest BCUT2D eigenvalue weighted by atomic mass is 10.4. The highest BCUT2D eigenvalue weighted by molar-refractivity contribution is 8.33. The molecule has 0 unspecified atom stereocenters. The number of hydrogen-bond acceptors (Lipinski definition) is 0. The summed E-state index contributed by atoms with van der Waals surface area (Å²) in [4.78, 5) is 1.61. The minimum atomic E-state index is -0.382. The molecule has 0 N–H and O–H groups in total. The summed E-state index contributed by atoms with van der Waals surface area (Å²) < 4.78 is 0. The first-order valence-electron chi connectivity index (χ1n) is 4.60. The maximum Gasteiger partial charge on any atom is -0.0101 e. The van der Waals surface area contributed by atoms with Crippen molar-refractivity contribution in [1.82, 2.24) is 0 Å². The van der Waals surface area contributed by atoms with E-state index >= 15 is 0 Å². The summed E-state index contributed by atoms with van der Waals surface area (Å²) in [6.07, 6.45) is 5.37. The summed E-state index contributed by atoms with van der Waals surface area (Å²) in [5, 5.41) is 0. The van der Waals surface area contributed by atoms with E-state index in [1.807, 2.05) is 0 Å². The monoisotopic (exact) mass is 180 g/mol. The summed E-state index contributed by atoms with van der Waals surface area (Å²) in [5.41, 5.74) is 0. The normalized spacial score (nSPS) is 23.8. The molecule has 1 heteroatoms. The van der Waals surface area contributed by atoms with Gasteiger partial charge in [0.15, 0.2) is 0 Å². The highest BCUT2D eigenvalue weighted by Gasteiger charge is 2.24. The van der Waals surface area contributed by atoms with Gasteiger partial charge in [0.1, 0.15) is 0 Å². The van der Waals surface area contributed by atoms with Gasteiger partial charge < -0.3 is 0 Å². The van der Waals surface area contributed by atoms with Crippen molar-refractivity contribution >= 4 is 10.0 Å². The van der Waals surface area contributed by atoms with Crippen LogP contribution in [0.15, 0.2) is 35.2 Å². The quantitative estimate of drug-likeness (QED) is 0.622. The lowest BCUT2D eigenvalue weighted by Crippen LogP contribution is -1.99. The SMILES string of the molecule is CS1(c2ccccc2)CCCC1. The van der Waals surface area contributed by atoms with Crippen LogP contribution in [-0.4, -0.2) is 17.8 Å². The third-order valence-electron chi connectivity index (χ3n) is 2.75. The van der Waals surface area contributed by atoms with Gasteiger partial charge in [0.25, 0.3) is 0 Å². The molecule has 0 aromatic heterocycles. The lowest BCUT2D eigenvalue weighted by Gasteiger charge is -2.30. The van der Waals surface area contributed by atoms with Crippen molar-refractivity contribution < 1.29 is 0 Å². The number of rotatable bonds is 1. The Hall–Kier alpha value is -0.430. The fourth-order valence-corrected chi connectivity index (χ4v) is 5.10. The zero-order valence-corrected chi connectivity index (χ0v) is 8.44. The van der Waals surface area contributed by atoms with E-state index in [1.165, 1.54) is 24.3 Å². The maximum atomic E-state index is 2.48. The van der Waals surface area contributed by atoms with Crippen LogP contribution < -0.4 is 0 Å². The summed E-state index contributed by atoms with van der Waals surface area (Å²) in [6, 6.07) is 11.1. The molecule has 1 aromatic rings. The van der Waals surface area contributed by atoms with Crippen molar-refractivity contribution in [3.63, 3.8) is 0 Å². The molecule has 2 rings (SSSR count). The molecule has 66 valence electrons. The predicted octanol–water partition coefficient (Wildman–Crippen LogP) is 3.27. The van der Waals surface area contributed by atoms with E-state index in [0.29, 0.717) is 0 Å². The molecule has 12 heavy (non-hydrogen) atoms. The van der Waals surface area contributed by atoms with Gasteiger partial charge in [0.05, 0.1) is 0 Å². The smallest absolute Gasteiger partial charge is 0.0101 e. The van der Waals surface area contributed by atoms with Crippen molar-refractivity contribution in [2.75, 3.05) is 17.8 Å². The van der Waals surface area contributed by atoms with Gasteiger partial charge in [-0.15, -0.1) is 0 Å². The van der Waals surface area contributed by atoms with Crippen LogP contribution in [0.2, 0.25) is 0 Å². The van der Waals surface area contributed by atoms with E-state index in [0.717, 1.165) is 0 Å². The maximum absolute atomic E-state index is 2.48. The van der Waals surface area contributed by atoms with Gasteiger partial charge in [0.2, 0.25) is 0 Å². The van der Waals surface area contributed by atoms with Crippen LogP contribution in [-0.2, 0) is 0 Å². The molecule has 1 aliphatic rings. The number of hydrogen-bond donors (Lipinski definition) is 0. The van der Waals surface area contributed by atoms with Crippen LogP contribution in [0.25, 0.3) is 0 Å². The van der Waals surface area contributed by atoms with Gasteiger partial charge >= 0.3 is 0 Å². The summed E-state index contributed by atoms with van der Waals surface area (Å²) in [7, 11) is -0.382. The first kappa shape index (κ1) is 8.18. The average molecular weight is 180 g/mol. The molecule has 0 bridgehead atoms.